The molecule has 0 saturated carbocycles. The summed E-state index contributed by atoms with van der Waals surface area (Å²) in [5.41, 5.74) is 1.47. The van der Waals surface area contributed by atoms with Gasteiger partial charge in [0, 0.05) is 6.07 Å². The molecule has 0 radical (unpaired) electrons. The van der Waals surface area contributed by atoms with E-state index in [9.17, 15) is 0 Å². The Morgan fingerprint density at radius 1 is 1.16 bits per heavy atom. The van der Waals surface area contributed by atoms with Gasteiger partial charge in [-0.3, -0.25) is 0 Å². The molecule has 4 heteroatoms. The van der Waals surface area contributed by atoms with E-state index in [1.165, 1.54) is 11.9 Å². The Hall–Kier alpha value is -1.61. The van der Waals surface area contributed by atoms with E-state index in [4.69, 9.17) is 16.3 Å². The minimum atomic E-state index is 0.177. The standard InChI is InChI=1S/C15H17ClN2O/c1-4-15(2,3)11-5-7-12(8-6-11)19-14-9-13(16)17-10-18-14/h5-10H,4H2,1-3H3. The number of nitrogens with zero attached hydrogens (tertiary/aromatic N) is 2. The van der Waals surface area contributed by atoms with Crippen molar-refractivity contribution in [3.63, 3.8) is 0 Å². The van der Waals surface area contributed by atoms with Crippen LogP contribution < -0.4 is 4.74 Å². The summed E-state index contributed by atoms with van der Waals surface area (Å²) in [4.78, 5) is 7.82. The molecule has 0 spiro atoms. The second kappa shape index (κ2) is 5.57. The molecule has 2 aromatic rings. The van der Waals surface area contributed by atoms with Crippen LogP contribution >= 0.6 is 11.6 Å². The van der Waals surface area contributed by atoms with Crippen LogP contribution in [0.1, 0.15) is 32.8 Å². The van der Waals surface area contributed by atoms with Crippen LogP contribution in [0.2, 0.25) is 5.15 Å². The number of hydrogen-bond acceptors (Lipinski definition) is 3. The lowest BCUT2D eigenvalue weighted by Gasteiger charge is -2.23. The molecule has 0 atom stereocenters. The van der Waals surface area contributed by atoms with Gasteiger partial charge in [0.25, 0.3) is 0 Å². The van der Waals surface area contributed by atoms with Crippen LogP contribution in [-0.4, -0.2) is 9.97 Å². The summed E-state index contributed by atoms with van der Waals surface area (Å²) >= 11 is 5.78. The molecule has 0 aliphatic carbocycles. The molecule has 0 saturated heterocycles. The Morgan fingerprint density at radius 2 is 1.84 bits per heavy atom. The van der Waals surface area contributed by atoms with Crippen LogP contribution in [0.4, 0.5) is 0 Å². The molecule has 1 aromatic heterocycles. The first kappa shape index (κ1) is 13.8. The van der Waals surface area contributed by atoms with E-state index in [1.807, 2.05) is 12.1 Å². The maximum absolute atomic E-state index is 5.78. The van der Waals surface area contributed by atoms with E-state index in [-0.39, 0.29) is 5.41 Å². The first-order valence-electron chi connectivity index (χ1n) is 6.27. The van der Waals surface area contributed by atoms with Gasteiger partial charge in [-0.15, -0.1) is 0 Å². The highest BCUT2D eigenvalue weighted by Gasteiger charge is 2.17. The molecule has 3 nitrogen and oxygen atoms in total. The van der Waals surface area contributed by atoms with Gasteiger partial charge in [0.05, 0.1) is 0 Å². The van der Waals surface area contributed by atoms with Crippen molar-refractivity contribution in [3.05, 3.63) is 47.4 Å². The van der Waals surface area contributed by atoms with Crippen molar-refractivity contribution in [1.29, 1.82) is 0 Å². The van der Waals surface area contributed by atoms with Crippen LogP contribution in [0.15, 0.2) is 36.7 Å². The highest BCUT2D eigenvalue weighted by atomic mass is 35.5. The van der Waals surface area contributed by atoms with E-state index < -0.39 is 0 Å². The lowest BCUT2D eigenvalue weighted by Crippen LogP contribution is -2.14. The lowest BCUT2D eigenvalue weighted by molar-refractivity contribution is 0.459. The molecule has 19 heavy (non-hydrogen) atoms. The monoisotopic (exact) mass is 276 g/mol. The number of rotatable bonds is 4. The summed E-state index contributed by atoms with van der Waals surface area (Å²) in [6.45, 7) is 6.65. The van der Waals surface area contributed by atoms with Crippen LogP contribution in [-0.2, 0) is 5.41 Å². The van der Waals surface area contributed by atoms with Crippen LogP contribution in [0, 0.1) is 0 Å². The SMILES string of the molecule is CCC(C)(C)c1ccc(Oc2cc(Cl)ncn2)cc1. The van der Waals surface area contributed by atoms with Gasteiger partial charge in [-0.05, 0) is 29.5 Å². The van der Waals surface area contributed by atoms with Gasteiger partial charge < -0.3 is 4.74 Å². The van der Waals surface area contributed by atoms with Crippen molar-refractivity contribution in [2.24, 2.45) is 0 Å². The van der Waals surface area contributed by atoms with Crippen molar-refractivity contribution in [2.45, 2.75) is 32.6 Å². The van der Waals surface area contributed by atoms with Crippen molar-refractivity contribution in [3.8, 4) is 11.6 Å². The minimum Gasteiger partial charge on any atom is -0.439 e. The average Bonchev–Trinajstić information content (AvgIpc) is 2.39. The van der Waals surface area contributed by atoms with Gasteiger partial charge in [0.1, 0.15) is 17.2 Å². The molecular weight excluding hydrogens is 260 g/mol. The second-order valence-corrected chi connectivity index (χ2v) is 5.43. The summed E-state index contributed by atoms with van der Waals surface area (Å²) in [5, 5.41) is 0.369. The normalized spacial score (nSPS) is 11.4. The Labute approximate surface area is 118 Å². The third-order valence-corrected chi connectivity index (χ3v) is 3.56. The van der Waals surface area contributed by atoms with Gasteiger partial charge in [-0.2, -0.15) is 0 Å². The van der Waals surface area contributed by atoms with E-state index in [1.54, 1.807) is 6.07 Å². The summed E-state index contributed by atoms with van der Waals surface area (Å²) < 4.78 is 5.62. The van der Waals surface area contributed by atoms with Gasteiger partial charge in [0.15, 0.2) is 0 Å². The van der Waals surface area contributed by atoms with Gasteiger partial charge in [0.2, 0.25) is 5.88 Å². The van der Waals surface area contributed by atoms with E-state index in [0.717, 1.165) is 12.2 Å². The maximum Gasteiger partial charge on any atom is 0.223 e. The number of ether oxygens (including phenoxy) is 1. The molecule has 0 bridgehead atoms. The smallest absolute Gasteiger partial charge is 0.223 e. The molecular formula is C15H17ClN2O. The van der Waals surface area contributed by atoms with E-state index in [0.29, 0.717) is 11.0 Å². The predicted octanol–water partition coefficient (Wildman–Crippen LogP) is 4.61. The Bertz CT molecular complexity index is 552. The van der Waals surface area contributed by atoms with Crippen LogP contribution in [0.25, 0.3) is 0 Å². The average molecular weight is 277 g/mol. The first-order valence-corrected chi connectivity index (χ1v) is 6.65. The van der Waals surface area contributed by atoms with Crippen molar-refractivity contribution < 1.29 is 4.74 Å². The van der Waals surface area contributed by atoms with E-state index >= 15 is 0 Å². The zero-order valence-corrected chi connectivity index (χ0v) is 12.1. The largest absolute Gasteiger partial charge is 0.439 e. The molecule has 1 heterocycles. The topological polar surface area (TPSA) is 35.0 Å². The third kappa shape index (κ3) is 3.44. The van der Waals surface area contributed by atoms with Gasteiger partial charge in [-0.25, -0.2) is 9.97 Å². The zero-order valence-electron chi connectivity index (χ0n) is 11.4. The summed E-state index contributed by atoms with van der Waals surface area (Å²) in [6.07, 6.45) is 2.47. The highest BCUT2D eigenvalue weighted by molar-refractivity contribution is 6.29. The van der Waals surface area contributed by atoms with Gasteiger partial charge in [-0.1, -0.05) is 44.5 Å². The molecule has 0 N–H and O–H groups in total. The fraction of sp³-hybridized carbons (Fsp3) is 0.333. The summed E-state index contributed by atoms with van der Waals surface area (Å²) in [7, 11) is 0. The Morgan fingerprint density at radius 3 is 2.42 bits per heavy atom. The molecule has 0 aliphatic rings. The molecule has 0 unspecified atom stereocenters. The highest BCUT2D eigenvalue weighted by Crippen LogP contribution is 2.29. The van der Waals surface area contributed by atoms with E-state index in [2.05, 4.69) is 42.9 Å². The molecule has 0 aliphatic heterocycles. The third-order valence-electron chi connectivity index (χ3n) is 3.35. The fourth-order valence-electron chi connectivity index (χ4n) is 1.67. The molecule has 1 aromatic carbocycles. The quantitative estimate of drug-likeness (QED) is 0.765. The predicted molar refractivity (Wildman–Crippen MR) is 76.9 cm³/mol. The number of aromatic nitrogens is 2. The zero-order chi connectivity index (χ0) is 13.9. The van der Waals surface area contributed by atoms with Crippen molar-refractivity contribution >= 4 is 11.6 Å². The second-order valence-electron chi connectivity index (χ2n) is 5.04. The Balaban J connectivity index is 2.15. The maximum atomic E-state index is 5.78. The number of benzene rings is 1. The summed E-state index contributed by atoms with van der Waals surface area (Å²) in [6, 6.07) is 9.65. The fourth-order valence-corrected chi connectivity index (χ4v) is 1.81. The minimum absolute atomic E-state index is 0.177. The first-order chi connectivity index (χ1) is 9.01. The van der Waals surface area contributed by atoms with Gasteiger partial charge >= 0.3 is 0 Å². The number of hydrogen-bond donors (Lipinski definition) is 0. The lowest BCUT2D eigenvalue weighted by atomic mass is 9.82. The number of halogens is 1. The van der Waals surface area contributed by atoms with Crippen molar-refractivity contribution in [2.75, 3.05) is 0 Å². The molecule has 0 fully saturated rings. The van der Waals surface area contributed by atoms with Crippen LogP contribution in [0.3, 0.4) is 0 Å². The van der Waals surface area contributed by atoms with Crippen molar-refractivity contribution in [1.82, 2.24) is 9.97 Å². The van der Waals surface area contributed by atoms with Crippen LogP contribution in [0.5, 0.6) is 11.6 Å². The molecule has 100 valence electrons. The Kier molecular flexibility index (Phi) is 4.05. The molecule has 0 amide bonds. The summed E-state index contributed by atoms with van der Waals surface area (Å²) in [5.74, 6) is 1.19. The molecule has 2 rings (SSSR count).